The van der Waals surface area contributed by atoms with Gasteiger partial charge in [0.1, 0.15) is 11.5 Å². The number of halogens is 3. The summed E-state index contributed by atoms with van der Waals surface area (Å²) >= 11 is 0. The number of rotatable bonds is 4. The number of carbonyl (C=O) groups is 1. The van der Waals surface area contributed by atoms with E-state index >= 15 is 0 Å². The first-order valence-corrected chi connectivity index (χ1v) is 12.7. The average molecular weight is 490 g/mol. The van der Waals surface area contributed by atoms with Gasteiger partial charge < -0.3 is 9.80 Å². The molecule has 3 aliphatic carbocycles. The quantitative estimate of drug-likeness (QED) is 0.710. The molecule has 4 heterocycles. The number of H-pyrrole nitrogens is 1. The molecule has 0 aromatic carbocycles. The molecule has 1 N–H and O–H groups in total. The van der Waals surface area contributed by atoms with Crippen molar-refractivity contribution < 1.29 is 18.0 Å². The Balaban J connectivity index is 0.862. The first-order valence-electron chi connectivity index (χ1n) is 12.7. The van der Waals surface area contributed by atoms with Gasteiger partial charge in [0, 0.05) is 61.5 Å². The molecule has 7 rings (SSSR count). The van der Waals surface area contributed by atoms with Crippen molar-refractivity contribution in [1.82, 2.24) is 34.8 Å². The van der Waals surface area contributed by atoms with E-state index in [-0.39, 0.29) is 28.3 Å². The number of nitrogens with one attached hydrogen (secondary N) is 1. The highest BCUT2D eigenvalue weighted by atomic mass is 19.4. The molecule has 0 atom stereocenters. The van der Waals surface area contributed by atoms with Gasteiger partial charge in [-0.2, -0.15) is 23.4 Å². The maximum absolute atomic E-state index is 13.3. The van der Waals surface area contributed by atoms with E-state index in [9.17, 15) is 18.0 Å². The van der Waals surface area contributed by atoms with Crippen LogP contribution in [-0.4, -0.2) is 67.0 Å². The lowest BCUT2D eigenvalue weighted by Crippen LogP contribution is -2.71. The van der Waals surface area contributed by atoms with E-state index in [1.807, 2.05) is 9.80 Å². The van der Waals surface area contributed by atoms with Crippen molar-refractivity contribution in [3.63, 3.8) is 0 Å². The van der Waals surface area contributed by atoms with Gasteiger partial charge in [-0.25, -0.2) is 9.78 Å². The van der Waals surface area contributed by atoms with Gasteiger partial charge in [0.15, 0.2) is 5.82 Å². The fourth-order valence-electron chi connectivity index (χ4n) is 7.31. The second-order valence-corrected chi connectivity index (χ2v) is 12.1. The number of aryl methyl sites for hydroxylation is 1. The topological polar surface area (TPSA) is 82.9 Å². The molecule has 0 radical (unpaired) electrons. The summed E-state index contributed by atoms with van der Waals surface area (Å²) < 4.78 is 40.8. The third-order valence-electron chi connectivity index (χ3n) is 9.09. The lowest BCUT2D eigenvalue weighted by atomic mass is 9.56. The zero-order chi connectivity index (χ0) is 24.2. The lowest BCUT2D eigenvalue weighted by Gasteiger charge is -2.63. The monoisotopic (exact) mass is 489 g/mol. The molecule has 35 heavy (non-hydrogen) atoms. The van der Waals surface area contributed by atoms with E-state index in [0.717, 1.165) is 68.2 Å². The Morgan fingerprint density at radius 1 is 1.06 bits per heavy atom. The summed E-state index contributed by atoms with van der Waals surface area (Å²) in [4.78, 5) is 21.5. The first-order chi connectivity index (χ1) is 16.6. The van der Waals surface area contributed by atoms with Crippen molar-refractivity contribution >= 4 is 6.03 Å². The maximum Gasteiger partial charge on any atom is 0.433 e. The zero-order valence-corrected chi connectivity index (χ0v) is 19.8. The molecule has 2 spiro atoms. The summed E-state index contributed by atoms with van der Waals surface area (Å²) in [6.45, 7) is 3.10. The van der Waals surface area contributed by atoms with E-state index in [1.165, 1.54) is 26.1 Å². The largest absolute Gasteiger partial charge is 0.433 e. The molecule has 11 heteroatoms. The Bertz CT molecular complexity index is 1150. The molecule has 188 valence electrons. The minimum absolute atomic E-state index is 0.108. The first kappa shape index (κ1) is 21.7. The molecule has 2 aromatic rings. The van der Waals surface area contributed by atoms with Crippen LogP contribution < -0.4 is 0 Å². The molecule has 0 unspecified atom stereocenters. The lowest BCUT2D eigenvalue weighted by molar-refractivity contribution is -0.144. The van der Waals surface area contributed by atoms with Crippen molar-refractivity contribution in [2.24, 2.45) is 23.8 Å². The molecule has 2 amide bonds. The Kier molecular flexibility index (Phi) is 4.34. The Morgan fingerprint density at radius 2 is 1.69 bits per heavy atom. The molecule has 5 fully saturated rings. The molecule has 2 aliphatic heterocycles. The molecule has 8 nitrogen and oxygen atoms in total. The number of aromatic nitrogens is 5. The fraction of sp³-hybridized carbons (Fsp3) is 0.750. The van der Waals surface area contributed by atoms with E-state index in [0.29, 0.717) is 18.3 Å². The van der Waals surface area contributed by atoms with Gasteiger partial charge >= 0.3 is 12.2 Å². The number of nitrogens with zero attached hydrogens (tertiary/aromatic N) is 6. The third-order valence-corrected chi connectivity index (χ3v) is 9.09. The smallest absolute Gasteiger partial charge is 0.323 e. The van der Waals surface area contributed by atoms with Gasteiger partial charge in [0.2, 0.25) is 0 Å². The molecule has 3 saturated carbocycles. The summed E-state index contributed by atoms with van der Waals surface area (Å²) in [5, 5.41) is 11.3. The van der Waals surface area contributed by atoms with Crippen molar-refractivity contribution in [3.05, 3.63) is 29.1 Å². The van der Waals surface area contributed by atoms with Crippen LogP contribution in [0.2, 0.25) is 0 Å². The predicted octanol–water partition coefficient (Wildman–Crippen LogP) is 3.69. The SMILES string of the molecule is Cn1ncc(CC2CC3(C2)CN(C(=O)N2CC4(CC(c5nc(C6CC6)n[nH]5)C4)C2)C3)c1C(F)(F)F. The van der Waals surface area contributed by atoms with Crippen LogP contribution in [0.1, 0.15) is 73.3 Å². The minimum Gasteiger partial charge on any atom is -0.323 e. The predicted molar refractivity (Wildman–Crippen MR) is 118 cm³/mol. The Morgan fingerprint density at radius 3 is 2.29 bits per heavy atom. The summed E-state index contributed by atoms with van der Waals surface area (Å²) in [5.41, 5.74) is -0.000574. The van der Waals surface area contributed by atoms with Gasteiger partial charge in [0.05, 0.1) is 6.20 Å². The maximum atomic E-state index is 13.3. The van der Waals surface area contributed by atoms with Crippen LogP contribution in [0.3, 0.4) is 0 Å². The molecule has 2 aromatic heterocycles. The number of hydrogen-bond donors (Lipinski definition) is 1. The van der Waals surface area contributed by atoms with Crippen molar-refractivity contribution in [3.8, 4) is 0 Å². The number of aromatic amines is 1. The average Bonchev–Trinajstić information content (AvgIpc) is 3.28. The molecule has 5 aliphatic rings. The van der Waals surface area contributed by atoms with Crippen LogP contribution >= 0.6 is 0 Å². The number of amides is 2. The van der Waals surface area contributed by atoms with Crippen LogP contribution in [0.5, 0.6) is 0 Å². The molecular weight excluding hydrogens is 459 g/mol. The van der Waals surface area contributed by atoms with Gasteiger partial charge in [-0.3, -0.25) is 9.78 Å². The summed E-state index contributed by atoms with van der Waals surface area (Å²) in [6.07, 6.45) is 3.67. The zero-order valence-electron chi connectivity index (χ0n) is 19.8. The van der Waals surface area contributed by atoms with E-state index < -0.39 is 11.9 Å². The molecule has 0 bridgehead atoms. The second-order valence-electron chi connectivity index (χ2n) is 12.1. The summed E-state index contributed by atoms with van der Waals surface area (Å²) in [7, 11) is 1.34. The number of likely N-dealkylation sites (tertiary alicyclic amines) is 2. The van der Waals surface area contributed by atoms with Gasteiger partial charge in [-0.15, -0.1) is 0 Å². The minimum atomic E-state index is -4.38. The highest BCUT2D eigenvalue weighted by Gasteiger charge is 2.59. The molecular formula is C24H30F3N7O. The standard InChI is InChI=1S/C24H30F3N7O/c1-32-18(24(25,26)27)16(9-28-32)4-14-5-22(6-14)10-33(11-22)21(35)34-12-23(13-34)7-17(8-23)20-29-19(30-31-20)15-2-3-15/h9,14-15,17H,2-8,10-13H2,1H3,(H,29,30,31). The van der Waals surface area contributed by atoms with Crippen LogP contribution in [-0.2, 0) is 19.6 Å². The van der Waals surface area contributed by atoms with E-state index in [1.54, 1.807) is 0 Å². The Labute approximate surface area is 201 Å². The second kappa shape index (κ2) is 7.00. The van der Waals surface area contributed by atoms with Gasteiger partial charge in [-0.05, 0) is 50.9 Å². The van der Waals surface area contributed by atoms with E-state index in [4.69, 9.17) is 0 Å². The third kappa shape index (κ3) is 3.48. The Hall–Kier alpha value is -2.59. The number of alkyl halides is 3. The van der Waals surface area contributed by atoms with Gasteiger partial charge in [-0.1, -0.05) is 0 Å². The van der Waals surface area contributed by atoms with Crippen LogP contribution in [0.15, 0.2) is 6.20 Å². The number of hydrogen-bond acceptors (Lipinski definition) is 4. The van der Waals surface area contributed by atoms with E-state index in [2.05, 4.69) is 20.3 Å². The highest BCUT2D eigenvalue weighted by Crippen LogP contribution is 2.57. The van der Waals surface area contributed by atoms with Crippen LogP contribution in [0.25, 0.3) is 0 Å². The van der Waals surface area contributed by atoms with Crippen molar-refractivity contribution in [1.29, 1.82) is 0 Å². The van der Waals surface area contributed by atoms with Crippen LogP contribution in [0.4, 0.5) is 18.0 Å². The highest BCUT2D eigenvalue weighted by molar-refractivity contribution is 5.77. The van der Waals surface area contributed by atoms with Gasteiger partial charge in [0.25, 0.3) is 0 Å². The van der Waals surface area contributed by atoms with Crippen molar-refractivity contribution in [2.45, 2.75) is 63.0 Å². The molecule has 2 saturated heterocycles. The normalized spacial score (nSPS) is 25.4. The number of carbonyl (C=O) groups excluding carboxylic acids is 1. The summed E-state index contributed by atoms with van der Waals surface area (Å²) in [6, 6.07) is 0.121. The fourth-order valence-corrected chi connectivity index (χ4v) is 7.31. The van der Waals surface area contributed by atoms with Crippen molar-refractivity contribution in [2.75, 3.05) is 26.2 Å². The van der Waals surface area contributed by atoms with Crippen LogP contribution in [0, 0.1) is 16.7 Å². The summed E-state index contributed by atoms with van der Waals surface area (Å²) in [5.74, 6) is 3.21. The number of urea groups is 1.